The number of nitrogens with zero attached hydrogens (tertiary/aromatic N) is 1. The number of likely N-dealkylation sites (N-methyl/N-ethyl adjacent to an activating group) is 1. The Labute approximate surface area is 123 Å². The van der Waals surface area contributed by atoms with Crippen LogP contribution in [0.4, 0.5) is 0 Å². The fourth-order valence-corrected chi connectivity index (χ4v) is 3.07. The van der Waals surface area contributed by atoms with Gasteiger partial charge in [0.05, 0.1) is 6.10 Å². The van der Waals surface area contributed by atoms with Crippen molar-refractivity contribution < 1.29 is 4.74 Å². The maximum atomic E-state index is 6.35. The first kappa shape index (κ1) is 15.5. The van der Waals surface area contributed by atoms with Crippen LogP contribution >= 0.6 is 0 Å². The second-order valence-electron chi connectivity index (χ2n) is 5.97. The van der Waals surface area contributed by atoms with Gasteiger partial charge in [-0.1, -0.05) is 37.6 Å². The molecule has 1 heterocycles. The van der Waals surface area contributed by atoms with Crippen LogP contribution in [0.25, 0.3) is 0 Å². The molecule has 3 atom stereocenters. The summed E-state index contributed by atoms with van der Waals surface area (Å²) < 4.78 is 5.63. The minimum Gasteiger partial charge on any atom is -0.377 e. The molecule has 0 aromatic heterocycles. The van der Waals surface area contributed by atoms with E-state index in [9.17, 15) is 0 Å². The van der Waals surface area contributed by atoms with Gasteiger partial charge in [-0.2, -0.15) is 0 Å². The fraction of sp³-hybridized carbons (Fsp3) is 0.647. The molecular weight excluding hydrogens is 248 g/mol. The number of rotatable bonds is 6. The molecule has 1 saturated heterocycles. The number of aryl methyl sites for hydroxylation is 1. The van der Waals surface area contributed by atoms with Gasteiger partial charge in [-0.3, -0.25) is 4.90 Å². The van der Waals surface area contributed by atoms with E-state index in [4.69, 9.17) is 10.5 Å². The number of benzene rings is 1. The lowest BCUT2D eigenvalue weighted by atomic mass is 10.0. The highest BCUT2D eigenvalue weighted by Crippen LogP contribution is 2.21. The summed E-state index contributed by atoms with van der Waals surface area (Å²) in [5, 5.41) is 0. The Balaban J connectivity index is 1.91. The van der Waals surface area contributed by atoms with Gasteiger partial charge in [0.1, 0.15) is 0 Å². The minimum atomic E-state index is 0.0727. The Morgan fingerprint density at radius 2 is 2.05 bits per heavy atom. The summed E-state index contributed by atoms with van der Waals surface area (Å²) in [7, 11) is 2.15. The maximum Gasteiger partial charge on any atom is 0.0702 e. The Morgan fingerprint density at radius 3 is 2.60 bits per heavy atom. The summed E-state index contributed by atoms with van der Waals surface area (Å²) in [6, 6.07) is 9.35. The van der Waals surface area contributed by atoms with E-state index in [-0.39, 0.29) is 6.04 Å². The molecular formula is C17H28N2O. The van der Waals surface area contributed by atoms with Gasteiger partial charge in [0.25, 0.3) is 0 Å². The third-order valence-electron chi connectivity index (χ3n) is 4.33. The molecule has 3 nitrogen and oxygen atoms in total. The first-order valence-corrected chi connectivity index (χ1v) is 7.78. The largest absolute Gasteiger partial charge is 0.377 e. The van der Waals surface area contributed by atoms with Crippen molar-refractivity contribution in [3.05, 3.63) is 35.4 Å². The number of hydrogen-bond donors (Lipinski definition) is 1. The molecule has 1 aliphatic heterocycles. The van der Waals surface area contributed by atoms with E-state index in [1.165, 1.54) is 17.5 Å². The zero-order valence-corrected chi connectivity index (χ0v) is 13.0. The monoisotopic (exact) mass is 276 g/mol. The van der Waals surface area contributed by atoms with E-state index in [2.05, 4.69) is 50.1 Å². The van der Waals surface area contributed by atoms with Crippen LogP contribution in [-0.4, -0.2) is 37.2 Å². The van der Waals surface area contributed by atoms with Crippen molar-refractivity contribution in [1.82, 2.24) is 4.90 Å². The highest BCUT2D eigenvalue weighted by atomic mass is 16.5. The summed E-state index contributed by atoms with van der Waals surface area (Å²) in [6.07, 6.45) is 3.76. The van der Waals surface area contributed by atoms with Gasteiger partial charge in [-0.15, -0.1) is 0 Å². The summed E-state index contributed by atoms with van der Waals surface area (Å²) in [4.78, 5) is 2.35. The van der Waals surface area contributed by atoms with Crippen LogP contribution in [0.5, 0.6) is 0 Å². The third kappa shape index (κ3) is 3.81. The summed E-state index contributed by atoms with van der Waals surface area (Å²) in [5.74, 6) is 0. The Kier molecular flexibility index (Phi) is 5.58. The van der Waals surface area contributed by atoms with Gasteiger partial charge < -0.3 is 10.5 Å². The van der Waals surface area contributed by atoms with Crippen LogP contribution < -0.4 is 5.73 Å². The van der Waals surface area contributed by atoms with Crippen LogP contribution in [0.1, 0.15) is 43.9 Å². The molecule has 112 valence electrons. The molecule has 0 aliphatic carbocycles. The van der Waals surface area contributed by atoms with Crippen LogP contribution in [0.2, 0.25) is 0 Å². The lowest BCUT2D eigenvalue weighted by molar-refractivity contribution is 0.0818. The van der Waals surface area contributed by atoms with Crippen molar-refractivity contribution >= 4 is 0 Å². The highest BCUT2D eigenvalue weighted by Gasteiger charge is 2.28. The first-order valence-electron chi connectivity index (χ1n) is 7.78. The van der Waals surface area contributed by atoms with Gasteiger partial charge in [-0.05, 0) is 37.9 Å². The zero-order valence-electron chi connectivity index (χ0n) is 13.0. The molecule has 1 aromatic rings. The van der Waals surface area contributed by atoms with Gasteiger partial charge >= 0.3 is 0 Å². The molecule has 2 N–H and O–H groups in total. The maximum absolute atomic E-state index is 6.35. The molecule has 0 saturated carbocycles. The normalized spacial score (nSPS) is 24.2. The van der Waals surface area contributed by atoms with E-state index in [1.807, 2.05) is 0 Å². The second-order valence-corrected chi connectivity index (χ2v) is 5.97. The quantitative estimate of drug-likeness (QED) is 0.868. The van der Waals surface area contributed by atoms with Crippen LogP contribution in [-0.2, 0) is 11.2 Å². The van der Waals surface area contributed by atoms with Crippen molar-refractivity contribution in [2.45, 2.75) is 51.3 Å². The predicted octanol–water partition coefficient (Wildman–Crippen LogP) is 2.75. The molecule has 0 radical (unpaired) electrons. The molecule has 0 spiro atoms. The molecule has 1 aromatic carbocycles. The number of ether oxygens (including phenoxy) is 1. The van der Waals surface area contributed by atoms with Gasteiger partial charge in [0.2, 0.25) is 0 Å². The first-order chi connectivity index (χ1) is 9.61. The molecule has 0 bridgehead atoms. The zero-order chi connectivity index (χ0) is 14.5. The molecule has 0 amide bonds. The average Bonchev–Trinajstić information content (AvgIpc) is 2.86. The fourth-order valence-electron chi connectivity index (χ4n) is 3.07. The van der Waals surface area contributed by atoms with Gasteiger partial charge in [0, 0.05) is 25.2 Å². The molecule has 2 rings (SSSR count). The summed E-state index contributed by atoms with van der Waals surface area (Å²) in [5.41, 5.74) is 8.97. The standard InChI is InChI=1S/C17H28N2O/c1-4-5-14-6-8-15(9-7-14)16(18)12-19(3)17-10-11-20-13(17)2/h6-9,13,16-17H,4-5,10-12,18H2,1-3H3. The van der Waals surface area contributed by atoms with Crippen LogP contribution in [0.15, 0.2) is 24.3 Å². The molecule has 3 heteroatoms. The topological polar surface area (TPSA) is 38.5 Å². The van der Waals surface area contributed by atoms with Gasteiger partial charge in [0.15, 0.2) is 0 Å². The van der Waals surface area contributed by atoms with Crippen molar-refractivity contribution in [3.8, 4) is 0 Å². The van der Waals surface area contributed by atoms with E-state index < -0.39 is 0 Å². The molecule has 20 heavy (non-hydrogen) atoms. The second kappa shape index (κ2) is 7.21. The predicted molar refractivity (Wildman–Crippen MR) is 83.8 cm³/mol. The van der Waals surface area contributed by atoms with E-state index in [0.717, 1.165) is 26.0 Å². The SMILES string of the molecule is CCCc1ccc(C(N)CN(C)C2CCOC2C)cc1. The number of nitrogens with two attached hydrogens (primary N) is 1. The van der Waals surface area contributed by atoms with E-state index in [0.29, 0.717) is 12.1 Å². The Morgan fingerprint density at radius 1 is 1.35 bits per heavy atom. The lowest BCUT2D eigenvalue weighted by Gasteiger charge is -2.29. The van der Waals surface area contributed by atoms with E-state index >= 15 is 0 Å². The summed E-state index contributed by atoms with van der Waals surface area (Å²) in [6.45, 7) is 6.11. The third-order valence-corrected chi connectivity index (χ3v) is 4.33. The highest BCUT2D eigenvalue weighted by molar-refractivity contribution is 5.25. The van der Waals surface area contributed by atoms with E-state index in [1.54, 1.807) is 0 Å². The molecule has 1 aliphatic rings. The number of hydrogen-bond acceptors (Lipinski definition) is 3. The smallest absolute Gasteiger partial charge is 0.0702 e. The molecule has 3 unspecified atom stereocenters. The lowest BCUT2D eigenvalue weighted by Crippen LogP contribution is -2.40. The summed E-state index contributed by atoms with van der Waals surface area (Å²) >= 11 is 0. The van der Waals surface area contributed by atoms with Crippen molar-refractivity contribution in [2.24, 2.45) is 5.73 Å². The van der Waals surface area contributed by atoms with Crippen molar-refractivity contribution in [1.29, 1.82) is 0 Å². The van der Waals surface area contributed by atoms with Gasteiger partial charge in [-0.25, -0.2) is 0 Å². The Bertz CT molecular complexity index is 404. The van der Waals surface area contributed by atoms with Crippen LogP contribution in [0, 0.1) is 0 Å². The Hall–Kier alpha value is -0.900. The molecule has 1 fully saturated rings. The minimum absolute atomic E-state index is 0.0727. The van der Waals surface area contributed by atoms with Crippen molar-refractivity contribution in [2.75, 3.05) is 20.2 Å². The van der Waals surface area contributed by atoms with Crippen molar-refractivity contribution in [3.63, 3.8) is 0 Å². The van der Waals surface area contributed by atoms with Crippen LogP contribution in [0.3, 0.4) is 0 Å². The average molecular weight is 276 g/mol.